The van der Waals surface area contributed by atoms with Crippen molar-refractivity contribution in [3.8, 4) is 11.5 Å². The summed E-state index contributed by atoms with van der Waals surface area (Å²) >= 11 is 0. The van der Waals surface area contributed by atoms with Crippen LogP contribution in [0.5, 0.6) is 11.5 Å². The molecule has 0 bridgehead atoms. The van der Waals surface area contributed by atoms with Crippen molar-refractivity contribution in [3.63, 3.8) is 0 Å². The Morgan fingerprint density at radius 1 is 1.24 bits per heavy atom. The van der Waals surface area contributed by atoms with Gasteiger partial charge in [0.15, 0.2) is 0 Å². The molecule has 0 fully saturated rings. The molecule has 2 nitrogen and oxygen atoms in total. The molecule has 1 aliphatic heterocycles. The van der Waals surface area contributed by atoms with Crippen LogP contribution < -0.4 is 4.74 Å². The van der Waals surface area contributed by atoms with E-state index in [4.69, 9.17) is 4.74 Å². The lowest BCUT2D eigenvalue weighted by Crippen LogP contribution is -2.13. The Bertz CT molecular complexity index is 632. The molecule has 0 saturated heterocycles. The summed E-state index contributed by atoms with van der Waals surface area (Å²) in [5.41, 5.74) is 3.33. The van der Waals surface area contributed by atoms with Crippen molar-refractivity contribution in [1.29, 1.82) is 0 Å². The summed E-state index contributed by atoms with van der Waals surface area (Å²) in [5, 5.41) is 10.00. The third-order valence-corrected chi connectivity index (χ3v) is 3.97. The van der Waals surface area contributed by atoms with Crippen molar-refractivity contribution in [2.75, 3.05) is 0 Å². The topological polar surface area (TPSA) is 29.5 Å². The predicted octanol–water partition coefficient (Wildman–Crippen LogP) is 4.06. The smallest absolute Gasteiger partial charge is 0.123 e. The maximum atomic E-state index is 10.00. The molecule has 108 valence electrons. The number of aromatic hydroxyl groups is 1. The molecule has 1 aliphatic rings. The van der Waals surface area contributed by atoms with E-state index in [0.717, 1.165) is 36.1 Å². The molecule has 0 amide bonds. The minimum Gasteiger partial charge on any atom is -0.508 e. The number of ether oxygens (including phenoxy) is 1. The second kappa shape index (κ2) is 6.04. The van der Waals surface area contributed by atoms with E-state index in [1.165, 1.54) is 5.56 Å². The van der Waals surface area contributed by atoms with E-state index < -0.39 is 0 Å². The fourth-order valence-corrected chi connectivity index (χ4v) is 2.84. The van der Waals surface area contributed by atoms with E-state index >= 15 is 0 Å². The molecular formula is C19H20O2. The molecule has 0 spiro atoms. The van der Waals surface area contributed by atoms with Gasteiger partial charge in [-0.05, 0) is 37.0 Å². The molecule has 21 heavy (non-hydrogen) atoms. The van der Waals surface area contributed by atoms with Gasteiger partial charge < -0.3 is 9.84 Å². The molecule has 3 rings (SSSR count). The first-order valence-electron chi connectivity index (χ1n) is 7.42. The van der Waals surface area contributed by atoms with Crippen LogP contribution in [0.2, 0.25) is 0 Å². The maximum Gasteiger partial charge on any atom is 0.123 e. The Balaban J connectivity index is 1.66. The standard InChI is InChI=1S/C19H20O2/c1-2-6-15-13-19-16(12-18(15)20)11-17(21-19)10-9-14-7-4-3-5-8-14/h2-5,7-8,12-13,17,20H,1,6,9-11H2/t17-/m0/s1. The summed E-state index contributed by atoms with van der Waals surface area (Å²) in [6.45, 7) is 3.72. The third kappa shape index (κ3) is 3.10. The third-order valence-electron chi connectivity index (χ3n) is 3.97. The van der Waals surface area contributed by atoms with Crippen LogP contribution in [0.15, 0.2) is 55.1 Å². The first-order valence-corrected chi connectivity index (χ1v) is 7.42. The summed E-state index contributed by atoms with van der Waals surface area (Å²) in [6, 6.07) is 14.3. The average Bonchev–Trinajstić information content (AvgIpc) is 2.89. The summed E-state index contributed by atoms with van der Waals surface area (Å²) < 4.78 is 6.03. The predicted molar refractivity (Wildman–Crippen MR) is 84.9 cm³/mol. The van der Waals surface area contributed by atoms with Gasteiger partial charge in [0.05, 0.1) is 0 Å². The van der Waals surface area contributed by atoms with Gasteiger partial charge in [-0.15, -0.1) is 6.58 Å². The van der Waals surface area contributed by atoms with Gasteiger partial charge in [-0.2, -0.15) is 0 Å². The SMILES string of the molecule is C=CCc1cc2c(cc1O)C[C@H](CCc1ccccc1)O2. The minimum absolute atomic E-state index is 0.207. The van der Waals surface area contributed by atoms with E-state index in [0.29, 0.717) is 12.2 Å². The lowest BCUT2D eigenvalue weighted by atomic mass is 10.0. The Kier molecular flexibility index (Phi) is 3.96. The molecule has 1 N–H and O–H groups in total. The zero-order valence-electron chi connectivity index (χ0n) is 12.1. The van der Waals surface area contributed by atoms with Crippen molar-refractivity contribution < 1.29 is 9.84 Å². The number of phenolic OH excluding ortho intramolecular Hbond substituents is 1. The van der Waals surface area contributed by atoms with Crippen molar-refractivity contribution in [2.45, 2.75) is 31.8 Å². The fourth-order valence-electron chi connectivity index (χ4n) is 2.84. The number of phenols is 1. The quantitative estimate of drug-likeness (QED) is 0.837. The van der Waals surface area contributed by atoms with E-state index in [-0.39, 0.29) is 6.10 Å². The summed E-state index contributed by atoms with van der Waals surface area (Å²) in [5.74, 6) is 1.27. The van der Waals surface area contributed by atoms with E-state index in [2.05, 4.69) is 30.8 Å². The van der Waals surface area contributed by atoms with Crippen molar-refractivity contribution in [1.82, 2.24) is 0 Å². The number of hydrogen-bond donors (Lipinski definition) is 1. The fraction of sp³-hybridized carbons (Fsp3) is 0.263. The second-order valence-corrected chi connectivity index (χ2v) is 5.55. The first kappa shape index (κ1) is 13.7. The van der Waals surface area contributed by atoms with Crippen molar-refractivity contribution in [2.24, 2.45) is 0 Å². The van der Waals surface area contributed by atoms with Gasteiger partial charge in [-0.25, -0.2) is 0 Å². The average molecular weight is 280 g/mol. The van der Waals surface area contributed by atoms with Gasteiger partial charge in [-0.3, -0.25) is 0 Å². The molecule has 2 aromatic carbocycles. The molecule has 0 aromatic heterocycles. The molecular weight excluding hydrogens is 260 g/mol. The maximum absolute atomic E-state index is 10.00. The Labute approximate surface area is 125 Å². The van der Waals surface area contributed by atoms with E-state index in [9.17, 15) is 5.11 Å². The number of allylic oxidation sites excluding steroid dienone is 1. The molecule has 1 atom stereocenters. The molecule has 2 aromatic rings. The van der Waals surface area contributed by atoms with Gasteiger partial charge in [-0.1, -0.05) is 36.4 Å². The van der Waals surface area contributed by atoms with Crippen LogP contribution in [0.4, 0.5) is 0 Å². The summed E-state index contributed by atoms with van der Waals surface area (Å²) in [6.07, 6.45) is 5.56. The number of aryl methyl sites for hydroxylation is 1. The van der Waals surface area contributed by atoms with Crippen LogP contribution in [0.1, 0.15) is 23.1 Å². The van der Waals surface area contributed by atoms with Crippen LogP contribution >= 0.6 is 0 Å². The number of hydrogen-bond acceptors (Lipinski definition) is 2. The zero-order chi connectivity index (χ0) is 14.7. The monoisotopic (exact) mass is 280 g/mol. The number of benzene rings is 2. The van der Waals surface area contributed by atoms with Gasteiger partial charge in [0.1, 0.15) is 17.6 Å². The Morgan fingerprint density at radius 2 is 2.05 bits per heavy atom. The van der Waals surface area contributed by atoms with E-state index in [1.807, 2.05) is 18.2 Å². The Morgan fingerprint density at radius 3 is 2.81 bits per heavy atom. The van der Waals surface area contributed by atoms with Gasteiger partial charge >= 0.3 is 0 Å². The molecule has 0 aliphatic carbocycles. The molecule has 2 heteroatoms. The van der Waals surface area contributed by atoms with Crippen LogP contribution in [-0.4, -0.2) is 11.2 Å². The van der Waals surface area contributed by atoms with Gasteiger partial charge in [0.25, 0.3) is 0 Å². The highest BCUT2D eigenvalue weighted by Crippen LogP contribution is 2.35. The summed E-state index contributed by atoms with van der Waals surface area (Å²) in [7, 11) is 0. The number of rotatable bonds is 5. The highest BCUT2D eigenvalue weighted by atomic mass is 16.5. The lowest BCUT2D eigenvalue weighted by molar-refractivity contribution is 0.221. The zero-order valence-corrected chi connectivity index (χ0v) is 12.1. The first-order chi connectivity index (χ1) is 10.3. The highest BCUT2D eigenvalue weighted by molar-refractivity contribution is 5.48. The Hall–Kier alpha value is -2.22. The van der Waals surface area contributed by atoms with Crippen LogP contribution in [0.25, 0.3) is 0 Å². The highest BCUT2D eigenvalue weighted by Gasteiger charge is 2.24. The molecule has 0 unspecified atom stereocenters. The molecule has 0 saturated carbocycles. The van der Waals surface area contributed by atoms with Crippen LogP contribution in [0, 0.1) is 0 Å². The normalized spacial score (nSPS) is 16.3. The largest absolute Gasteiger partial charge is 0.508 e. The lowest BCUT2D eigenvalue weighted by Gasteiger charge is -2.10. The van der Waals surface area contributed by atoms with Crippen molar-refractivity contribution in [3.05, 3.63) is 71.8 Å². The molecule has 0 radical (unpaired) electrons. The van der Waals surface area contributed by atoms with Gasteiger partial charge in [0.2, 0.25) is 0 Å². The second-order valence-electron chi connectivity index (χ2n) is 5.55. The molecule has 1 heterocycles. The van der Waals surface area contributed by atoms with Crippen LogP contribution in [-0.2, 0) is 19.3 Å². The van der Waals surface area contributed by atoms with Gasteiger partial charge in [0, 0.05) is 17.5 Å². The van der Waals surface area contributed by atoms with Crippen LogP contribution in [0.3, 0.4) is 0 Å². The summed E-state index contributed by atoms with van der Waals surface area (Å²) in [4.78, 5) is 0. The minimum atomic E-state index is 0.207. The van der Waals surface area contributed by atoms with E-state index in [1.54, 1.807) is 6.08 Å². The van der Waals surface area contributed by atoms with Crippen molar-refractivity contribution >= 4 is 0 Å². The number of fused-ring (bicyclic) bond motifs is 1.